The van der Waals surface area contributed by atoms with Crippen molar-refractivity contribution in [1.82, 2.24) is 10.3 Å². The van der Waals surface area contributed by atoms with Crippen molar-refractivity contribution >= 4 is 0 Å². The predicted octanol–water partition coefficient (Wildman–Crippen LogP) is 3.59. The largest absolute Gasteiger partial charge is 0.310 e. The molecule has 1 fully saturated rings. The average molecular weight is 274 g/mol. The fourth-order valence-corrected chi connectivity index (χ4v) is 2.19. The zero-order valence-electron chi connectivity index (χ0n) is 11.3. The number of hydrogen-bond donors (Lipinski definition) is 1. The number of benzene rings is 1. The van der Waals surface area contributed by atoms with Crippen LogP contribution in [0.4, 0.5) is 8.78 Å². The van der Waals surface area contributed by atoms with Gasteiger partial charge in [-0.15, -0.1) is 0 Å². The summed E-state index contributed by atoms with van der Waals surface area (Å²) in [5.41, 5.74) is 1.86. The molecule has 1 aliphatic carbocycles. The van der Waals surface area contributed by atoms with Gasteiger partial charge in [0.15, 0.2) is 0 Å². The molecule has 1 heterocycles. The van der Waals surface area contributed by atoms with Crippen LogP contribution < -0.4 is 5.32 Å². The Bertz CT molecular complexity index is 636. The first-order valence-electron chi connectivity index (χ1n) is 6.77. The summed E-state index contributed by atoms with van der Waals surface area (Å²) in [6.45, 7) is 2.31. The van der Waals surface area contributed by atoms with Gasteiger partial charge in [0.25, 0.3) is 0 Å². The first-order chi connectivity index (χ1) is 9.65. The number of nitrogens with zero attached hydrogens (tertiary/aromatic N) is 1. The molecule has 4 heteroatoms. The third-order valence-corrected chi connectivity index (χ3v) is 3.54. The van der Waals surface area contributed by atoms with E-state index >= 15 is 0 Å². The standard InChI is InChI=1S/C16H16F2N2/c1-10-2-5-14(17)15(16(10)18)12-6-11(7-19-9-12)8-20-13-3-4-13/h2,5-7,9,13,20H,3-4,8H2,1H3. The van der Waals surface area contributed by atoms with Gasteiger partial charge in [-0.3, -0.25) is 4.98 Å². The second-order valence-corrected chi connectivity index (χ2v) is 5.29. The Kier molecular flexibility index (Phi) is 3.49. The lowest BCUT2D eigenvalue weighted by molar-refractivity contribution is 0.583. The average Bonchev–Trinajstić information content (AvgIpc) is 3.26. The Balaban J connectivity index is 1.93. The van der Waals surface area contributed by atoms with Gasteiger partial charge in [0.05, 0.1) is 5.56 Å². The van der Waals surface area contributed by atoms with Crippen LogP contribution in [0.25, 0.3) is 11.1 Å². The van der Waals surface area contributed by atoms with Crippen LogP contribution >= 0.6 is 0 Å². The minimum Gasteiger partial charge on any atom is -0.310 e. The molecule has 0 atom stereocenters. The van der Waals surface area contributed by atoms with E-state index in [1.807, 2.05) is 0 Å². The van der Waals surface area contributed by atoms with Crippen LogP contribution in [0.5, 0.6) is 0 Å². The summed E-state index contributed by atoms with van der Waals surface area (Å²) in [5.74, 6) is -1.07. The lowest BCUT2D eigenvalue weighted by atomic mass is 10.0. The zero-order chi connectivity index (χ0) is 14.1. The van der Waals surface area contributed by atoms with Gasteiger partial charge >= 0.3 is 0 Å². The highest BCUT2D eigenvalue weighted by Crippen LogP contribution is 2.28. The monoisotopic (exact) mass is 274 g/mol. The van der Waals surface area contributed by atoms with E-state index in [0.29, 0.717) is 23.7 Å². The molecule has 2 aromatic rings. The zero-order valence-corrected chi connectivity index (χ0v) is 11.3. The van der Waals surface area contributed by atoms with Gasteiger partial charge in [0, 0.05) is 30.5 Å². The van der Waals surface area contributed by atoms with Gasteiger partial charge in [0.2, 0.25) is 0 Å². The first kappa shape index (κ1) is 13.2. The molecule has 20 heavy (non-hydrogen) atoms. The number of hydrogen-bond acceptors (Lipinski definition) is 2. The number of halogens is 2. The van der Waals surface area contributed by atoms with Gasteiger partial charge < -0.3 is 5.32 Å². The molecule has 0 radical (unpaired) electrons. The molecule has 2 nitrogen and oxygen atoms in total. The fraction of sp³-hybridized carbons (Fsp3) is 0.312. The summed E-state index contributed by atoms with van der Waals surface area (Å²) in [7, 11) is 0. The molecule has 0 bridgehead atoms. The second-order valence-electron chi connectivity index (χ2n) is 5.29. The van der Waals surface area contributed by atoms with Crippen LogP contribution in [0, 0.1) is 18.6 Å². The third-order valence-electron chi connectivity index (χ3n) is 3.54. The summed E-state index contributed by atoms with van der Waals surface area (Å²) < 4.78 is 28.0. The molecule has 1 aromatic heterocycles. The molecule has 1 N–H and O–H groups in total. The maximum Gasteiger partial charge on any atom is 0.136 e. The van der Waals surface area contributed by atoms with E-state index in [1.54, 1.807) is 19.2 Å². The minimum absolute atomic E-state index is 0.00534. The van der Waals surface area contributed by atoms with E-state index < -0.39 is 11.6 Å². The Labute approximate surface area is 116 Å². The summed E-state index contributed by atoms with van der Waals surface area (Å²) in [6.07, 6.45) is 5.63. The van der Waals surface area contributed by atoms with Crippen molar-refractivity contribution in [2.75, 3.05) is 0 Å². The van der Waals surface area contributed by atoms with E-state index in [9.17, 15) is 8.78 Å². The van der Waals surface area contributed by atoms with Crippen LogP contribution in [0.15, 0.2) is 30.6 Å². The van der Waals surface area contributed by atoms with Crippen molar-refractivity contribution in [2.24, 2.45) is 0 Å². The summed E-state index contributed by atoms with van der Waals surface area (Å²) in [6, 6.07) is 5.12. The van der Waals surface area contributed by atoms with E-state index in [-0.39, 0.29) is 5.56 Å². The molecule has 1 aliphatic rings. The van der Waals surface area contributed by atoms with Crippen molar-refractivity contribution in [3.63, 3.8) is 0 Å². The Morgan fingerprint density at radius 2 is 2.05 bits per heavy atom. The molecule has 0 spiro atoms. The lowest BCUT2D eigenvalue weighted by Crippen LogP contribution is -2.15. The minimum atomic E-state index is -0.554. The number of nitrogens with one attached hydrogen (secondary N) is 1. The Hall–Kier alpha value is -1.81. The molecule has 0 aliphatic heterocycles. The fourth-order valence-electron chi connectivity index (χ4n) is 2.19. The van der Waals surface area contributed by atoms with E-state index in [2.05, 4.69) is 10.3 Å². The van der Waals surface area contributed by atoms with Crippen LogP contribution in [-0.4, -0.2) is 11.0 Å². The maximum absolute atomic E-state index is 14.1. The van der Waals surface area contributed by atoms with Crippen molar-refractivity contribution in [3.05, 3.63) is 53.4 Å². The molecule has 1 saturated carbocycles. The molecule has 0 saturated heterocycles. The topological polar surface area (TPSA) is 24.9 Å². The first-order valence-corrected chi connectivity index (χ1v) is 6.77. The number of aryl methyl sites for hydroxylation is 1. The van der Waals surface area contributed by atoms with Crippen molar-refractivity contribution < 1.29 is 8.78 Å². The molecular formula is C16H16F2N2. The third kappa shape index (κ3) is 2.70. The molecule has 0 amide bonds. The van der Waals surface area contributed by atoms with Gasteiger partial charge in [-0.25, -0.2) is 8.78 Å². The molecule has 104 valence electrons. The Morgan fingerprint density at radius 3 is 2.80 bits per heavy atom. The smallest absolute Gasteiger partial charge is 0.136 e. The summed E-state index contributed by atoms with van der Waals surface area (Å²) in [4.78, 5) is 4.10. The van der Waals surface area contributed by atoms with E-state index in [1.165, 1.54) is 31.2 Å². The normalized spacial score (nSPS) is 14.6. The van der Waals surface area contributed by atoms with Crippen molar-refractivity contribution in [3.8, 4) is 11.1 Å². The van der Waals surface area contributed by atoms with Crippen LogP contribution in [0.2, 0.25) is 0 Å². The summed E-state index contributed by atoms with van der Waals surface area (Å²) in [5, 5.41) is 3.36. The molecule has 3 rings (SSSR count). The number of aromatic nitrogens is 1. The lowest BCUT2D eigenvalue weighted by Gasteiger charge is -2.09. The van der Waals surface area contributed by atoms with E-state index in [4.69, 9.17) is 0 Å². The number of pyridine rings is 1. The maximum atomic E-state index is 14.1. The molecular weight excluding hydrogens is 258 g/mol. The molecule has 0 unspecified atom stereocenters. The summed E-state index contributed by atoms with van der Waals surface area (Å²) >= 11 is 0. The Morgan fingerprint density at radius 1 is 1.25 bits per heavy atom. The van der Waals surface area contributed by atoms with Crippen molar-refractivity contribution in [1.29, 1.82) is 0 Å². The van der Waals surface area contributed by atoms with Crippen LogP contribution in [-0.2, 0) is 6.54 Å². The second kappa shape index (κ2) is 5.29. The SMILES string of the molecule is Cc1ccc(F)c(-c2cncc(CNC3CC3)c2)c1F. The van der Waals surface area contributed by atoms with Gasteiger partial charge in [-0.05, 0) is 43.0 Å². The predicted molar refractivity (Wildman–Crippen MR) is 74.2 cm³/mol. The quantitative estimate of drug-likeness (QED) is 0.921. The van der Waals surface area contributed by atoms with Crippen LogP contribution in [0.1, 0.15) is 24.0 Å². The van der Waals surface area contributed by atoms with Gasteiger partial charge in [0.1, 0.15) is 11.6 Å². The number of rotatable bonds is 4. The highest BCUT2D eigenvalue weighted by atomic mass is 19.1. The van der Waals surface area contributed by atoms with Gasteiger partial charge in [-0.1, -0.05) is 6.07 Å². The highest BCUT2D eigenvalue weighted by molar-refractivity contribution is 5.65. The van der Waals surface area contributed by atoms with E-state index in [0.717, 1.165) is 5.56 Å². The molecule has 1 aromatic carbocycles. The van der Waals surface area contributed by atoms with Crippen molar-refractivity contribution in [2.45, 2.75) is 32.4 Å². The van der Waals surface area contributed by atoms with Gasteiger partial charge in [-0.2, -0.15) is 0 Å². The van der Waals surface area contributed by atoms with Crippen LogP contribution in [0.3, 0.4) is 0 Å². The highest BCUT2D eigenvalue weighted by Gasteiger charge is 2.20.